The Morgan fingerprint density at radius 2 is 2.42 bits per heavy atom. The highest BCUT2D eigenvalue weighted by Gasteiger charge is 2.17. The van der Waals surface area contributed by atoms with Gasteiger partial charge in [0, 0.05) is 0 Å². The highest BCUT2D eigenvalue weighted by Crippen LogP contribution is 2.15. The number of nitrogens with two attached hydrogens (primary N) is 1. The quantitative estimate of drug-likeness (QED) is 0.688. The lowest BCUT2D eigenvalue weighted by Gasteiger charge is -2.13. The molecule has 1 heterocycles. The van der Waals surface area contributed by atoms with E-state index < -0.39 is 5.41 Å². The molecule has 12 heavy (non-hydrogen) atoms. The molecule has 0 aliphatic carbocycles. The highest BCUT2D eigenvalue weighted by molar-refractivity contribution is 5.19. The van der Waals surface area contributed by atoms with Gasteiger partial charge < -0.3 is 5.73 Å². The van der Waals surface area contributed by atoms with Crippen molar-refractivity contribution in [3.05, 3.63) is 6.20 Å². The maximum atomic E-state index is 8.72. The van der Waals surface area contributed by atoms with Gasteiger partial charge in [-0.2, -0.15) is 5.26 Å². The van der Waals surface area contributed by atoms with Crippen molar-refractivity contribution in [2.75, 3.05) is 5.73 Å². The van der Waals surface area contributed by atoms with E-state index in [1.807, 2.05) is 13.8 Å². The van der Waals surface area contributed by atoms with Crippen LogP contribution >= 0.6 is 0 Å². The van der Waals surface area contributed by atoms with Gasteiger partial charge in [0.25, 0.3) is 0 Å². The molecule has 0 amide bonds. The summed E-state index contributed by atoms with van der Waals surface area (Å²) in [5, 5.41) is 16.1. The first kappa shape index (κ1) is 8.53. The minimum Gasteiger partial charge on any atom is -0.381 e. The summed E-state index contributed by atoms with van der Waals surface area (Å²) in [6, 6.07) is 2.17. The lowest BCUT2D eigenvalue weighted by molar-refractivity contribution is 0.378. The van der Waals surface area contributed by atoms with Crippen molar-refractivity contribution >= 4 is 5.82 Å². The number of nitriles is 1. The van der Waals surface area contributed by atoms with Gasteiger partial charge in [-0.1, -0.05) is 5.21 Å². The summed E-state index contributed by atoms with van der Waals surface area (Å²) in [4.78, 5) is 0. The first-order chi connectivity index (χ1) is 5.53. The van der Waals surface area contributed by atoms with E-state index in [0.717, 1.165) is 0 Å². The molecule has 0 saturated heterocycles. The third kappa shape index (κ3) is 1.95. The number of rotatable bonds is 2. The fourth-order valence-electron chi connectivity index (χ4n) is 0.831. The Labute approximate surface area is 70.8 Å². The number of hydrogen-bond acceptors (Lipinski definition) is 4. The summed E-state index contributed by atoms with van der Waals surface area (Å²) >= 11 is 0. The van der Waals surface area contributed by atoms with Crippen LogP contribution in [0.15, 0.2) is 6.20 Å². The zero-order valence-corrected chi connectivity index (χ0v) is 7.15. The van der Waals surface area contributed by atoms with E-state index >= 15 is 0 Å². The van der Waals surface area contributed by atoms with Crippen LogP contribution in [-0.4, -0.2) is 15.0 Å². The first-order valence-electron chi connectivity index (χ1n) is 3.60. The summed E-state index contributed by atoms with van der Waals surface area (Å²) in [6.07, 6.45) is 1.61. The van der Waals surface area contributed by atoms with Crippen molar-refractivity contribution in [1.29, 1.82) is 5.26 Å². The van der Waals surface area contributed by atoms with Crippen molar-refractivity contribution in [2.45, 2.75) is 20.4 Å². The molecule has 0 aliphatic rings. The summed E-state index contributed by atoms with van der Waals surface area (Å²) in [6.45, 7) is 4.18. The van der Waals surface area contributed by atoms with Crippen molar-refractivity contribution < 1.29 is 0 Å². The van der Waals surface area contributed by atoms with Crippen LogP contribution in [0.2, 0.25) is 0 Å². The molecule has 1 aromatic rings. The van der Waals surface area contributed by atoms with Crippen LogP contribution in [0.25, 0.3) is 0 Å². The Morgan fingerprint density at radius 1 is 1.75 bits per heavy atom. The first-order valence-corrected chi connectivity index (χ1v) is 3.60. The molecule has 0 spiro atoms. The normalized spacial score (nSPS) is 11.1. The molecule has 1 aromatic heterocycles. The Morgan fingerprint density at radius 3 is 2.83 bits per heavy atom. The molecule has 2 N–H and O–H groups in total. The molecule has 0 bridgehead atoms. The number of aromatic nitrogens is 3. The average Bonchev–Trinajstić information content (AvgIpc) is 2.35. The molecule has 0 unspecified atom stereocenters. The molecule has 5 nitrogen and oxygen atoms in total. The van der Waals surface area contributed by atoms with Crippen LogP contribution in [-0.2, 0) is 6.54 Å². The number of hydrogen-bond donors (Lipinski definition) is 1. The van der Waals surface area contributed by atoms with Gasteiger partial charge in [-0.05, 0) is 13.8 Å². The molecular weight excluding hydrogens is 154 g/mol. The number of nitrogens with zero attached hydrogens (tertiary/aromatic N) is 4. The van der Waals surface area contributed by atoms with E-state index in [9.17, 15) is 0 Å². The standard InChI is InChI=1S/C7H11N5/c1-7(2,4-8)5-12-3-6(9)10-11-12/h3H,5,9H2,1-2H3. The largest absolute Gasteiger partial charge is 0.381 e. The van der Waals surface area contributed by atoms with Gasteiger partial charge in [-0.3, -0.25) is 0 Å². The summed E-state index contributed by atoms with van der Waals surface area (Å²) in [5.41, 5.74) is 4.93. The van der Waals surface area contributed by atoms with Crippen molar-refractivity contribution in [3.8, 4) is 6.07 Å². The third-order valence-corrected chi connectivity index (χ3v) is 1.42. The van der Waals surface area contributed by atoms with Crippen LogP contribution in [0.4, 0.5) is 5.82 Å². The van der Waals surface area contributed by atoms with E-state index in [2.05, 4.69) is 16.4 Å². The molecule has 1 rings (SSSR count). The topological polar surface area (TPSA) is 80.5 Å². The maximum absolute atomic E-state index is 8.72. The lowest BCUT2D eigenvalue weighted by Crippen LogP contribution is -2.17. The van der Waals surface area contributed by atoms with Gasteiger partial charge >= 0.3 is 0 Å². The molecule has 0 radical (unpaired) electrons. The van der Waals surface area contributed by atoms with E-state index in [1.165, 1.54) is 0 Å². The molecule has 64 valence electrons. The second kappa shape index (κ2) is 2.81. The zero-order valence-electron chi connectivity index (χ0n) is 7.15. The molecule has 0 atom stereocenters. The monoisotopic (exact) mass is 165 g/mol. The van der Waals surface area contributed by atoms with Gasteiger partial charge in [0.15, 0.2) is 5.82 Å². The Kier molecular flexibility index (Phi) is 2.00. The predicted octanol–water partition coefficient (Wildman–Crippen LogP) is 0.410. The Hall–Kier alpha value is -1.57. The van der Waals surface area contributed by atoms with Crippen molar-refractivity contribution in [3.63, 3.8) is 0 Å². The minimum absolute atomic E-state index is 0.378. The van der Waals surface area contributed by atoms with Gasteiger partial charge in [-0.15, -0.1) is 5.10 Å². The fourth-order valence-corrected chi connectivity index (χ4v) is 0.831. The predicted molar refractivity (Wildman–Crippen MR) is 43.8 cm³/mol. The van der Waals surface area contributed by atoms with E-state index in [4.69, 9.17) is 11.0 Å². The van der Waals surface area contributed by atoms with Crippen LogP contribution in [0.1, 0.15) is 13.8 Å². The molecule has 0 aromatic carbocycles. The van der Waals surface area contributed by atoms with Crippen LogP contribution in [0.3, 0.4) is 0 Å². The highest BCUT2D eigenvalue weighted by atomic mass is 15.4. The third-order valence-electron chi connectivity index (χ3n) is 1.42. The molecular formula is C7H11N5. The summed E-state index contributed by atoms with van der Waals surface area (Å²) in [5.74, 6) is 0.378. The zero-order chi connectivity index (χ0) is 9.19. The summed E-state index contributed by atoms with van der Waals surface area (Å²) < 4.78 is 1.57. The van der Waals surface area contributed by atoms with Crippen LogP contribution in [0, 0.1) is 16.7 Å². The van der Waals surface area contributed by atoms with Crippen LogP contribution < -0.4 is 5.73 Å². The SMILES string of the molecule is CC(C)(C#N)Cn1cc(N)nn1. The smallest absolute Gasteiger partial charge is 0.165 e. The Balaban J connectivity index is 2.72. The van der Waals surface area contributed by atoms with E-state index in [0.29, 0.717) is 12.4 Å². The minimum atomic E-state index is -0.430. The van der Waals surface area contributed by atoms with E-state index in [1.54, 1.807) is 10.9 Å². The van der Waals surface area contributed by atoms with Gasteiger partial charge in [0.1, 0.15) is 0 Å². The summed E-state index contributed by atoms with van der Waals surface area (Å²) in [7, 11) is 0. The molecule has 0 fully saturated rings. The maximum Gasteiger partial charge on any atom is 0.165 e. The van der Waals surface area contributed by atoms with Gasteiger partial charge in [-0.25, -0.2) is 4.68 Å². The number of nitrogen functional groups attached to an aromatic ring is 1. The number of anilines is 1. The molecule has 0 aliphatic heterocycles. The second-order valence-electron chi connectivity index (χ2n) is 3.34. The fraction of sp³-hybridized carbons (Fsp3) is 0.571. The second-order valence-corrected chi connectivity index (χ2v) is 3.34. The molecule has 5 heteroatoms. The van der Waals surface area contributed by atoms with Crippen molar-refractivity contribution in [1.82, 2.24) is 15.0 Å². The van der Waals surface area contributed by atoms with Crippen LogP contribution in [0.5, 0.6) is 0 Å². The van der Waals surface area contributed by atoms with Gasteiger partial charge in [0.05, 0.1) is 24.2 Å². The average molecular weight is 165 g/mol. The van der Waals surface area contributed by atoms with Gasteiger partial charge in [0.2, 0.25) is 0 Å². The lowest BCUT2D eigenvalue weighted by atomic mass is 9.96. The van der Waals surface area contributed by atoms with E-state index in [-0.39, 0.29) is 0 Å². The van der Waals surface area contributed by atoms with Crippen molar-refractivity contribution in [2.24, 2.45) is 5.41 Å². The molecule has 0 saturated carbocycles. The Bertz CT molecular complexity index is 306.